The van der Waals surface area contributed by atoms with E-state index in [1.807, 2.05) is 50.2 Å². The van der Waals surface area contributed by atoms with Crippen LogP contribution in [0.15, 0.2) is 54.7 Å². The number of hydrogen-bond acceptors (Lipinski definition) is 5. The van der Waals surface area contributed by atoms with Crippen molar-refractivity contribution in [2.24, 2.45) is 0 Å². The molecule has 2 atom stereocenters. The molecule has 0 aliphatic rings. The van der Waals surface area contributed by atoms with Crippen LogP contribution in [0.5, 0.6) is 0 Å². The Balaban J connectivity index is 1.62. The molecule has 162 valence electrons. The van der Waals surface area contributed by atoms with Crippen molar-refractivity contribution < 1.29 is 14.3 Å². The van der Waals surface area contributed by atoms with Crippen LogP contribution >= 0.6 is 0 Å². The van der Waals surface area contributed by atoms with E-state index in [9.17, 15) is 9.59 Å². The van der Waals surface area contributed by atoms with Crippen LogP contribution < -0.4 is 5.32 Å². The predicted octanol–water partition coefficient (Wildman–Crippen LogP) is 4.09. The van der Waals surface area contributed by atoms with Gasteiger partial charge in [-0.3, -0.25) is 4.79 Å². The minimum atomic E-state index is -0.925. The maximum Gasteiger partial charge on any atom is 0.340 e. The number of aryl methyl sites for hydroxylation is 2. The Labute approximate surface area is 182 Å². The van der Waals surface area contributed by atoms with Crippen LogP contribution in [0, 0.1) is 13.8 Å². The van der Waals surface area contributed by atoms with Crippen molar-refractivity contribution in [3.05, 3.63) is 77.2 Å². The zero-order valence-corrected chi connectivity index (χ0v) is 18.3. The number of benzene rings is 1. The maximum atomic E-state index is 12.6. The molecular weight excluding hydrogens is 392 g/mol. The highest BCUT2D eigenvalue weighted by Gasteiger charge is 2.22. The van der Waals surface area contributed by atoms with E-state index in [0.29, 0.717) is 5.82 Å². The summed E-state index contributed by atoms with van der Waals surface area (Å²) in [7, 11) is 0. The molecule has 1 N–H and O–H groups in total. The molecule has 0 radical (unpaired) electrons. The molecule has 0 fully saturated rings. The van der Waals surface area contributed by atoms with Gasteiger partial charge in [0.25, 0.3) is 5.91 Å². The van der Waals surface area contributed by atoms with Crippen LogP contribution in [0.2, 0.25) is 0 Å². The molecule has 2 heterocycles. The molecule has 0 spiro atoms. The lowest BCUT2D eigenvalue weighted by atomic mass is 10.0. The Kier molecular flexibility index (Phi) is 7.18. The third-order valence-electron chi connectivity index (χ3n) is 4.96. The van der Waals surface area contributed by atoms with Gasteiger partial charge < -0.3 is 10.1 Å². The van der Waals surface area contributed by atoms with E-state index in [4.69, 9.17) is 4.74 Å². The van der Waals surface area contributed by atoms with Crippen LogP contribution in [0.25, 0.3) is 5.82 Å². The fourth-order valence-electron chi connectivity index (χ4n) is 3.36. The lowest BCUT2D eigenvalue weighted by Crippen LogP contribution is -2.38. The average molecular weight is 421 g/mol. The van der Waals surface area contributed by atoms with Crippen LogP contribution in [-0.4, -0.2) is 32.7 Å². The van der Waals surface area contributed by atoms with Gasteiger partial charge in [-0.2, -0.15) is 5.10 Å². The highest BCUT2D eigenvalue weighted by Crippen LogP contribution is 2.18. The number of pyridine rings is 1. The topological polar surface area (TPSA) is 86.1 Å². The number of nitrogens with one attached hydrogen (secondary N) is 1. The van der Waals surface area contributed by atoms with Crippen molar-refractivity contribution in [1.82, 2.24) is 20.1 Å². The summed E-state index contributed by atoms with van der Waals surface area (Å²) in [4.78, 5) is 29.4. The molecule has 3 rings (SSSR count). The molecule has 7 heteroatoms. The molecule has 2 aromatic heterocycles. The smallest absolute Gasteiger partial charge is 0.340 e. The molecule has 3 aromatic rings. The summed E-state index contributed by atoms with van der Waals surface area (Å²) in [5, 5.41) is 7.37. The van der Waals surface area contributed by atoms with Crippen LogP contribution in [-0.2, 0) is 9.53 Å². The monoisotopic (exact) mass is 420 g/mol. The fourth-order valence-corrected chi connectivity index (χ4v) is 3.36. The summed E-state index contributed by atoms with van der Waals surface area (Å²) >= 11 is 0. The molecule has 1 amide bonds. The van der Waals surface area contributed by atoms with Crippen molar-refractivity contribution in [3.8, 4) is 5.82 Å². The molecular formula is C24H28N4O3. The lowest BCUT2D eigenvalue weighted by molar-refractivity contribution is -0.129. The number of carbonyl (C=O) groups excluding carboxylic acids is 2. The van der Waals surface area contributed by atoms with Crippen molar-refractivity contribution in [3.63, 3.8) is 0 Å². The van der Waals surface area contributed by atoms with Gasteiger partial charge in [-0.25, -0.2) is 14.5 Å². The molecule has 0 saturated heterocycles. The van der Waals surface area contributed by atoms with Gasteiger partial charge in [0.05, 0.1) is 17.3 Å². The van der Waals surface area contributed by atoms with Gasteiger partial charge in [0.15, 0.2) is 11.9 Å². The minimum Gasteiger partial charge on any atom is -0.449 e. The molecule has 2 unspecified atom stereocenters. The Morgan fingerprint density at radius 1 is 1.13 bits per heavy atom. The fraction of sp³-hybridized carbons (Fsp3) is 0.333. The average Bonchev–Trinajstić information content (AvgIpc) is 3.11. The van der Waals surface area contributed by atoms with Gasteiger partial charge >= 0.3 is 5.97 Å². The van der Waals surface area contributed by atoms with Crippen LogP contribution in [0.4, 0.5) is 0 Å². The van der Waals surface area contributed by atoms with Gasteiger partial charge in [0.2, 0.25) is 0 Å². The molecule has 7 nitrogen and oxygen atoms in total. The van der Waals surface area contributed by atoms with Crippen molar-refractivity contribution >= 4 is 11.9 Å². The van der Waals surface area contributed by atoms with E-state index in [0.717, 1.165) is 29.8 Å². The first-order chi connectivity index (χ1) is 14.9. The van der Waals surface area contributed by atoms with E-state index in [1.54, 1.807) is 23.7 Å². The largest absolute Gasteiger partial charge is 0.449 e. The molecule has 0 aliphatic heterocycles. The summed E-state index contributed by atoms with van der Waals surface area (Å²) in [6, 6.07) is 14.9. The van der Waals surface area contributed by atoms with Crippen molar-refractivity contribution in [2.45, 2.75) is 52.7 Å². The summed E-state index contributed by atoms with van der Waals surface area (Å²) < 4.78 is 7.08. The Morgan fingerprint density at radius 2 is 1.87 bits per heavy atom. The second-order valence-corrected chi connectivity index (χ2v) is 7.55. The van der Waals surface area contributed by atoms with Crippen molar-refractivity contribution in [1.29, 1.82) is 0 Å². The van der Waals surface area contributed by atoms with Crippen LogP contribution in [0.3, 0.4) is 0 Å². The third-order valence-corrected chi connectivity index (χ3v) is 4.96. The number of ether oxygens (including phenoxy) is 1. The van der Waals surface area contributed by atoms with Gasteiger partial charge in [0, 0.05) is 11.9 Å². The zero-order valence-electron chi connectivity index (χ0n) is 18.3. The summed E-state index contributed by atoms with van der Waals surface area (Å²) in [6.07, 6.45) is 2.23. The SMILES string of the molecule is CCCC(NC(=O)C(C)OC(=O)c1ccc(-n2nc(C)cc2C)nc1)c1ccccc1. The second kappa shape index (κ2) is 10.0. The maximum absolute atomic E-state index is 12.6. The summed E-state index contributed by atoms with van der Waals surface area (Å²) in [6.45, 7) is 7.48. The normalized spacial score (nSPS) is 12.8. The van der Waals surface area contributed by atoms with Crippen molar-refractivity contribution in [2.75, 3.05) is 0 Å². The first kappa shape index (κ1) is 22.2. The quantitative estimate of drug-likeness (QED) is 0.555. The molecule has 0 aliphatic carbocycles. The molecule has 1 aromatic carbocycles. The lowest BCUT2D eigenvalue weighted by Gasteiger charge is -2.21. The number of rotatable bonds is 8. The summed E-state index contributed by atoms with van der Waals surface area (Å²) in [5.41, 5.74) is 3.14. The van der Waals surface area contributed by atoms with Gasteiger partial charge in [-0.1, -0.05) is 43.7 Å². The predicted molar refractivity (Wildman–Crippen MR) is 118 cm³/mol. The highest BCUT2D eigenvalue weighted by molar-refractivity contribution is 5.92. The highest BCUT2D eigenvalue weighted by atomic mass is 16.5. The molecule has 0 bridgehead atoms. The van der Waals surface area contributed by atoms with Gasteiger partial charge in [-0.15, -0.1) is 0 Å². The molecule has 0 saturated carbocycles. The third kappa shape index (κ3) is 5.57. The number of nitrogens with zero attached hydrogens (tertiary/aromatic N) is 3. The van der Waals surface area contributed by atoms with E-state index in [-0.39, 0.29) is 17.5 Å². The van der Waals surface area contributed by atoms with E-state index < -0.39 is 12.1 Å². The van der Waals surface area contributed by atoms with Gasteiger partial charge in [0.1, 0.15) is 0 Å². The van der Waals surface area contributed by atoms with E-state index in [2.05, 4.69) is 22.3 Å². The Morgan fingerprint density at radius 3 is 2.45 bits per heavy atom. The van der Waals surface area contributed by atoms with Crippen LogP contribution in [0.1, 0.15) is 60.0 Å². The summed E-state index contributed by atoms with van der Waals surface area (Å²) in [5.74, 6) is -0.317. The first-order valence-corrected chi connectivity index (χ1v) is 10.4. The number of carbonyl (C=O) groups is 2. The van der Waals surface area contributed by atoms with Gasteiger partial charge in [-0.05, 0) is 51.0 Å². The number of aromatic nitrogens is 3. The minimum absolute atomic E-state index is 0.124. The molecule has 31 heavy (non-hydrogen) atoms. The Bertz CT molecular complexity index is 1030. The second-order valence-electron chi connectivity index (χ2n) is 7.55. The number of amides is 1. The first-order valence-electron chi connectivity index (χ1n) is 10.4. The van der Waals surface area contributed by atoms with E-state index in [1.165, 1.54) is 6.20 Å². The number of esters is 1. The number of hydrogen-bond donors (Lipinski definition) is 1. The van der Waals surface area contributed by atoms with E-state index >= 15 is 0 Å². The zero-order chi connectivity index (χ0) is 22.4. The standard InChI is InChI=1S/C24H28N4O3/c1-5-9-21(19-10-7-6-8-11-19)26-23(29)18(4)31-24(30)20-12-13-22(25-15-20)28-17(3)14-16(2)27-28/h6-8,10-15,18,21H,5,9H2,1-4H3,(H,26,29). The Hall–Kier alpha value is -3.48.